The van der Waals surface area contributed by atoms with Gasteiger partial charge < -0.3 is 8.85 Å². The summed E-state index contributed by atoms with van der Waals surface area (Å²) in [4.78, 5) is 0.811. The Labute approximate surface area is 211 Å². The van der Waals surface area contributed by atoms with E-state index in [1.54, 1.807) is 24.3 Å². The summed E-state index contributed by atoms with van der Waals surface area (Å²) >= 11 is 0. The summed E-state index contributed by atoms with van der Waals surface area (Å²) in [6.07, 6.45) is 2.19. The molecule has 0 fully saturated rings. The third-order valence-corrected chi connectivity index (χ3v) is 19.5. The Kier molecular flexibility index (Phi) is 8.64. The van der Waals surface area contributed by atoms with E-state index in [2.05, 4.69) is 74.7 Å². The molecule has 0 aliphatic heterocycles. The Morgan fingerprint density at radius 3 is 1.76 bits per heavy atom. The summed E-state index contributed by atoms with van der Waals surface area (Å²) in [6.45, 7) is 26.7. The second-order valence-corrected chi connectivity index (χ2v) is 24.5. The zero-order valence-electron chi connectivity index (χ0n) is 23.5. The van der Waals surface area contributed by atoms with E-state index in [1.807, 2.05) is 19.1 Å². The van der Waals surface area contributed by atoms with Gasteiger partial charge in [0, 0.05) is 11.8 Å². The van der Waals surface area contributed by atoms with Crippen LogP contribution in [0, 0.1) is 11.8 Å². The van der Waals surface area contributed by atoms with Gasteiger partial charge in [0.2, 0.25) is 9.84 Å². The first kappa shape index (κ1) is 29.5. The average molecular weight is 525 g/mol. The number of benzene rings is 1. The maximum absolute atomic E-state index is 13.8. The molecule has 4 atom stereocenters. The Bertz CT molecular complexity index is 970. The van der Waals surface area contributed by atoms with Gasteiger partial charge in [0.25, 0.3) is 0 Å². The summed E-state index contributed by atoms with van der Waals surface area (Å²) < 4.78 is 41.5. The molecule has 7 heteroatoms. The van der Waals surface area contributed by atoms with E-state index in [0.717, 1.165) is 0 Å². The van der Waals surface area contributed by atoms with Crippen LogP contribution in [-0.2, 0) is 18.7 Å². The predicted molar refractivity (Wildman–Crippen MR) is 149 cm³/mol. The van der Waals surface area contributed by atoms with Crippen LogP contribution in [0.25, 0.3) is 0 Å². The van der Waals surface area contributed by atoms with E-state index < -0.39 is 26.5 Å². The lowest BCUT2D eigenvalue weighted by Gasteiger charge is -2.45. The standard InChI is InChI=1S/C27H48O4SSi2/c1-20-23(30-33(9,10)26(3,4)5)18-19-24(32(28,29)22-16-14-13-15-17-22)21(2)25(20)31-34(11,12)27(6,7)8/h13-17,19-21,23,25H,18H2,1-12H3/t20-,21+,23-,25+/m1/s1. The minimum absolute atomic E-state index is 0.0245. The van der Waals surface area contributed by atoms with E-state index in [4.69, 9.17) is 8.85 Å². The first-order chi connectivity index (χ1) is 15.2. The summed E-state index contributed by atoms with van der Waals surface area (Å²) in [6, 6.07) is 8.78. The van der Waals surface area contributed by atoms with Crippen molar-refractivity contribution in [3.8, 4) is 0 Å². The Balaban J connectivity index is 2.59. The Morgan fingerprint density at radius 2 is 1.29 bits per heavy atom. The van der Waals surface area contributed by atoms with E-state index >= 15 is 0 Å². The topological polar surface area (TPSA) is 52.6 Å². The van der Waals surface area contributed by atoms with Crippen molar-refractivity contribution >= 4 is 26.5 Å². The van der Waals surface area contributed by atoms with Crippen LogP contribution in [-0.4, -0.2) is 37.3 Å². The third-order valence-electron chi connectivity index (χ3n) is 8.45. The molecule has 0 saturated carbocycles. The van der Waals surface area contributed by atoms with Crippen LogP contribution in [0.15, 0.2) is 46.2 Å². The van der Waals surface area contributed by atoms with Gasteiger partial charge in [0.15, 0.2) is 16.6 Å². The highest BCUT2D eigenvalue weighted by Gasteiger charge is 2.48. The van der Waals surface area contributed by atoms with Crippen molar-refractivity contribution in [3.05, 3.63) is 41.3 Å². The molecule has 194 valence electrons. The number of sulfone groups is 1. The summed E-state index contributed by atoms with van der Waals surface area (Å²) in [7, 11) is -7.84. The molecule has 34 heavy (non-hydrogen) atoms. The lowest BCUT2D eigenvalue weighted by molar-refractivity contribution is 0.0222. The highest BCUT2D eigenvalue weighted by Crippen LogP contribution is 2.45. The fourth-order valence-electron chi connectivity index (χ4n) is 3.99. The Morgan fingerprint density at radius 1 is 0.824 bits per heavy atom. The molecule has 0 heterocycles. The quantitative estimate of drug-likeness (QED) is 0.356. The molecule has 0 N–H and O–H groups in total. The molecule has 0 aromatic heterocycles. The molecular weight excluding hydrogens is 477 g/mol. The summed E-state index contributed by atoms with van der Waals surface area (Å²) in [5.74, 6) is -0.194. The fourth-order valence-corrected chi connectivity index (χ4v) is 8.59. The number of rotatable bonds is 6. The molecule has 0 unspecified atom stereocenters. The van der Waals surface area contributed by atoms with Gasteiger partial charge in [0.1, 0.15) is 0 Å². The van der Waals surface area contributed by atoms with Crippen molar-refractivity contribution in [3.63, 3.8) is 0 Å². The molecular formula is C27H48O4SSi2. The molecule has 1 aliphatic carbocycles. The van der Waals surface area contributed by atoms with E-state index in [0.29, 0.717) is 16.2 Å². The van der Waals surface area contributed by atoms with Crippen molar-refractivity contribution in [2.75, 3.05) is 0 Å². The Hall–Kier alpha value is -0.736. The van der Waals surface area contributed by atoms with Gasteiger partial charge in [-0.2, -0.15) is 0 Å². The first-order valence-corrected chi connectivity index (χ1v) is 19.9. The van der Waals surface area contributed by atoms with Crippen molar-refractivity contribution in [2.24, 2.45) is 11.8 Å². The van der Waals surface area contributed by atoms with Gasteiger partial charge in [-0.15, -0.1) is 0 Å². The third kappa shape index (κ3) is 6.14. The van der Waals surface area contributed by atoms with Crippen LogP contribution in [0.3, 0.4) is 0 Å². The number of hydrogen-bond donors (Lipinski definition) is 0. The van der Waals surface area contributed by atoms with Gasteiger partial charge in [-0.25, -0.2) is 8.42 Å². The van der Waals surface area contributed by atoms with Gasteiger partial charge >= 0.3 is 0 Å². The highest BCUT2D eigenvalue weighted by molar-refractivity contribution is 7.95. The molecule has 0 radical (unpaired) electrons. The van der Waals surface area contributed by atoms with Crippen LogP contribution < -0.4 is 0 Å². The first-order valence-electron chi connectivity index (χ1n) is 12.6. The molecule has 2 rings (SSSR count). The van der Waals surface area contributed by atoms with Gasteiger partial charge in [-0.3, -0.25) is 0 Å². The van der Waals surface area contributed by atoms with Crippen LogP contribution in [0.4, 0.5) is 0 Å². The summed E-state index contributed by atoms with van der Waals surface area (Å²) in [5, 5.41) is 0.0970. The fraction of sp³-hybridized carbons (Fsp3) is 0.704. The molecule has 4 nitrogen and oxygen atoms in total. The molecule has 1 aliphatic rings. The van der Waals surface area contributed by atoms with Gasteiger partial charge in [0.05, 0.1) is 22.0 Å². The molecule has 0 saturated heterocycles. The molecule has 0 bridgehead atoms. The van der Waals surface area contributed by atoms with E-state index in [-0.39, 0.29) is 34.1 Å². The molecule has 1 aromatic rings. The minimum atomic E-state index is -3.63. The second-order valence-electron chi connectivity index (χ2n) is 13.1. The molecule has 0 spiro atoms. The second kappa shape index (κ2) is 9.96. The molecule has 0 amide bonds. The molecule has 1 aromatic carbocycles. The van der Waals surface area contributed by atoms with Crippen LogP contribution in [0.5, 0.6) is 0 Å². The SMILES string of the molecule is C[C@H]1[C@H](O[Si](C)(C)C(C)(C)C)[C@@H](C)C(S(=O)(=O)c2ccccc2)=CC[C@H]1O[Si](C)(C)C(C)(C)C. The van der Waals surface area contributed by atoms with Crippen LogP contribution in [0.1, 0.15) is 61.8 Å². The van der Waals surface area contributed by atoms with Crippen molar-refractivity contribution in [1.82, 2.24) is 0 Å². The zero-order chi connectivity index (χ0) is 26.3. The van der Waals surface area contributed by atoms with E-state index in [1.165, 1.54) is 0 Å². The van der Waals surface area contributed by atoms with Crippen LogP contribution in [0.2, 0.25) is 36.3 Å². The maximum Gasteiger partial charge on any atom is 0.202 e. The largest absolute Gasteiger partial charge is 0.413 e. The van der Waals surface area contributed by atoms with Crippen LogP contribution >= 0.6 is 0 Å². The predicted octanol–water partition coefficient (Wildman–Crippen LogP) is 7.80. The van der Waals surface area contributed by atoms with Crippen molar-refractivity contribution < 1.29 is 17.3 Å². The lowest BCUT2D eigenvalue weighted by Crippen LogP contribution is -2.51. The summed E-state index contributed by atoms with van der Waals surface area (Å²) in [5.41, 5.74) is 0. The van der Waals surface area contributed by atoms with Crippen molar-refractivity contribution in [1.29, 1.82) is 0 Å². The van der Waals surface area contributed by atoms with Gasteiger partial charge in [-0.05, 0) is 54.8 Å². The average Bonchev–Trinajstić information content (AvgIpc) is 2.79. The normalized spacial score (nSPS) is 25.6. The maximum atomic E-state index is 13.8. The highest BCUT2D eigenvalue weighted by atomic mass is 32.2. The number of hydrogen-bond acceptors (Lipinski definition) is 4. The van der Waals surface area contributed by atoms with E-state index in [9.17, 15) is 8.42 Å². The van der Waals surface area contributed by atoms with Gasteiger partial charge in [-0.1, -0.05) is 79.7 Å². The van der Waals surface area contributed by atoms with Crippen molar-refractivity contribution in [2.45, 2.75) is 115 Å². The zero-order valence-corrected chi connectivity index (χ0v) is 26.3. The smallest absolute Gasteiger partial charge is 0.202 e. The minimum Gasteiger partial charge on any atom is -0.413 e. The monoisotopic (exact) mass is 524 g/mol. The lowest BCUT2D eigenvalue weighted by atomic mass is 9.91.